The lowest BCUT2D eigenvalue weighted by molar-refractivity contribution is 0.269. The summed E-state index contributed by atoms with van der Waals surface area (Å²) in [5, 5.41) is 0. The Bertz CT molecular complexity index is 149. The van der Waals surface area contributed by atoms with Crippen molar-refractivity contribution in [3.8, 4) is 0 Å². The Morgan fingerprint density at radius 3 is 2.83 bits per heavy atom. The van der Waals surface area contributed by atoms with E-state index in [1.165, 1.54) is 43.9 Å². The molecular formula is C9H18N2S. The van der Waals surface area contributed by atoms with Crippen LogP contribution in [0.4, 0.5) is 0 Å². The summed E-state index contributed by atoms with van der Waals surface area (Å²) in [5.41, 5.74) is 6.30. The van der Waals surface area contributed by atoms with Gasteiger partial charge in [0.05, 0.1) is 0 Å². The second-order valence-corrected chi connectivity index (χ2v) is 5.33. The topological polar surface area (TPSA) is 29.3 Å². The van der Waals surface area contributed by atoms with E-state index in [4.69, 9.17) is 5.73 Å². The van der Waals surface area contributed by atoms with Crippen LogP contribution in [0.3, 0.4) is 0 Å². The van der Waals surface area contributed by atoms with E-state index < -0.39 is 0 Å². The van der Waals surface area contributed by atoms with E-state index in [9.17, 15) is 0 Å². The van der Waals surface area contributed by atoms with E-state index in [1.54, 1.807) is 0 Å². The Morgan fingerprint density at radius 1 is 1.25 bits per heavy atom. The van der Waals surface area contributed by atoms with E-state index in [0.717, 1.165) is 6.54 Å². The highest BCUT2D eigenvalue weighted by molar-refractivity contribution is 7.99. The van der Waals surface area contributed by atoms with Crippen molar-refractivity contribution in [2.45, 2.75) is 24.8 Å². The van der Waals surface area contributed by atoms with Crippen molar-refractivity contribution in [3.63, 3.8) is 0 Å². The van der Waals surface area contributed by atoms with Gasteiger partial charge in [-0.1, -0.05) is 0 Å². The minimum absolute atomic E-state index is 0.217. The highest BCUT2D eigenvalue weighted by Gasteiger charge is 2.39. The summed E-state index contributed by atoms with van der Waals surface area (Å²) in [4.78, 5) is 2.55. The smallest absolute Gasteiger partial charge is 0.0284 e. The van der Waals surface area contributed by atoms with Gasteiger partial charge >= 0.3 is 0 Å². The Hall–Kier alpha value is 0.270. The molecule has 0 radical (unpaired) electrons. The van der Waals surface area contributed by atoms with Crippen LogP contribution >= 0.6 is 11.8 Å². The van der Waals surface area contributed by atoms with Gasteiger partial charge in [0, 0.05) is 24.4 Å². The second kappa shape index (κ2) is 3.56. The zero-order valence-electron chi connectivity index (χ0n) is 7.59. The Balaban J connectivity index is 1.77. The van der Waals surface area contributed by atoms with E-state index in [2.05, 4.69) is 16.7 Å². The quantitative estimate of drug-likeness (QED) is 0.695. The molecule has 1 aliphatic heterocycles. The Labute approximate surface area is 78.9 Å². The molecule has 0 aromatic carbocycles. The first-order valence-electron chi connectivity index (χ1n) is 4.88. The molecule has 2 aliphatic rings. The zero-order chi connectivity index (χ0) is 8.44. The van der Waals surface area contributed by atoms with Gasteiger partial charge in [0.2, 0.25) is 0 Å². The molecule has 12 heavy (non-hydrogen) atoms. The molecule has 2 rings (SSSR count). The first kappa shape index (κ1) is 8.85. The summed E-state index contributed by atoms with van der Waals surface area (Å²) in [6.07, 6.45) is 3.84. The first-order chi connectivity index (χ1) is 5.79. The van der Waals surface area contributed by atoms with Crippen LogP contribution in [0.2, 0.25) is 0 Å². The first-order valence-corrected chi connectivity index (χ1v) is 6.03. The number of rotatable bonds is 2. The molecule has 0 amide bonds. The molecule has 2 fully saturated rings. The molecule has 1 heterocycles. The van der Waals surface area contributed by atoms with Crippen molar-refractivity contribution in [2.24, 2.45) is 5.73 Å². The third kappa shape index (κ3) is 2.38. The fourth-order valence-electron chi connectivity index (χ4n) is 1.72. The van der Waals surface area contributed by atoms with Crippen molar-refractivity contribution in [3.05, 3.63) is 0 Å². The lowest BCUT2D eigenvalue weighted by Crippen LogP contribution is -2.40. The highest BCUT2D eigenvalue weighted by atomic mass is 32.2. The number of hydrogen-bond donors (Lipinski definition) is 1. The average Bonchev–Trinajstić information content (AvgIpc) is 2.78. The zero-order valence-corrected chi connectivity index (χ0v) is 8.41. The molecule has 1 aliphatic carbocycles. The van der Waals surface area contributed by atoms with Gasteiger partial charge in [0.15, 0.2) is 0 Å². The molecule has 0 spiro atoms. The molecule has 0 aromatic rings. The summed E-state index contributed by atoms with van der Waals surface area (Å²) >= 11 is 2.08. The maximum absolute atomic E-state index is 6.08. The van der Waals surface area contributed by atoms with Gasteiger partial charge in [0.25, 0.3) is 0 Å². The summed E-state index contributed by atoms with van der Waals surface area (Å²) in [5.74, 6) is 2.64. The van der Waals surface area contributed by atoms with E-state index in [-0.39, 0.29) is 5.54 Å². The van der Waals surface area contributed by atoms with Crippen LogP contribution in [0.25, 0.3) is 0 Å². The highest BCUT2D eigenvalue weighted by Crippen LogP contribution is 2.33. The summed E-state index contributed by atoms with van der Waals surface area (Å²) in [6.45, 7) is 3.67. The molecule has 0 unspecified atom stereocenters. The standard InChI is InChI=1S/C9H18N2S/c10-9(2-3-9)8-11-4-1-6-12-7-5-11/h1-8,10H2. The molecule has 2 nitrogen and oxygen atoms in total. The van der Waals surface area contributed by atoms with Gasteiger partial charge in [-0.05, 0) is 31.6 Å². The maximum atomic E-state index is 6.08. The Kier molecular flexibility index (Phi) is 2.63. The monoisotopic (exact) mass is 186 g/mol. The summed E-state index contributed by atoms with van der Waals surface area (Å²) in [7, 11) is 0. The SMILES string of the molecule is NC1(CN2CCCSCC2)CC1. The summed E-state index contributed by atoms with van der Waals surface area (Å²) < 4.78 is 0. The van der Waals surface area contributed by atoms with Crippen LogP contribution in [-0.4, -0.2) is 41.6 Å². The minimum Gasteiger partial charge on any atom is -0.324 e. The van der Waals surface area contributed by atoms with Gasteiger partial charge in [-0.25, -0.2) is 0 Å². The van der Waals surface area contributed by atoms with E-state index in [0.29, 0.717) is 0 Å². The van der Waals surface area contributed by atoms with Gasteiger partial charge < -0.3 is 10.6 Å². The number of nitrogens with two attached hydrogens (primary N) is 1. The van der Waals surface area contributed by atoms with Gasteiger partial charge in [-0.2, -0.15) is 11.8 Å². The molecule has 2 N–H and O–H groups in total. The molecular weight excluding hydrogens is 168 g/mol. The van der Waals surface area contributed by atoms with Crippen LogP contribution in [-0.2, 0) is 0 Å². The molecule has 0 atom stereocenters. The fourth-order valence-corrected chi connectivity index (χ4v) is 2.64. The third-order valence-corrected chi connectivity index (χ3v) is 3.79. The van der Waals surface area contributed by atoms with Crippen LogP contribution < -0.4 is 5.73 Å². The fraction of sp³-hybridized carbons (Fsp3) is 1.00. The lowest BCUT2D eigenvalue weighted by atomic mass is 10.2. The molecule has 70 valence electrons. The van der Waals surface area contributed by atoms with Crippen LogP contribution in [0.1, 0.15) is 19.3 Å². The van der Waals surface area contributed by atoms with Crippen molar-refractivity contribution >= 4 is 11.8 Å². The van der Waals surface area contributed by atoms with Crippen molar-refractivity contribution < 1.29 is 0 Å². The predicted molar refractivity (Wildman–Crippen MR) is 54.5 cm³/mol. The molecule has 1 saturated heterocycles. The van der Waals surface area contributed by atoms with Crippen LogP contribution in [0.15, 0.2) is 0 Å². The maximum Gasteiger partial charge on any atom is 0.0284 e. The Morgan fingerprint density at radius 2 is 2.08 bits per heavy atom. The molecule has 1 saturated carbocycles. The average molecular weight is 186 g/mol. The van der Waals surface area contributed by atoms with E-state index >= 15 is 0 Å². The minimum atomic E-state index is 0.217. The van der Waals surface area contributed by atoms with Crippen molar-refractivity contribution in [1.82, 2.24) is 4.90 Å². The molecule has 0 aromatic heterocycles. The van der Waals surface area contributed by atoms with E-state index in [1.807, 2.05) is 0 Å². The number of nitrogens with zero attached hydrogens (tertiary/aromatic N) is 1. The van der Waals surface area contributed by atoms with Crippen LogP contribution in [0.5, 0.6) is 0 Å². The predicted octanol–water partition coefficient (Wildman–Crippen LogP) is 0.917. The molecule has 3 heteroatoms. The van der Waals surface area contributed by atoms with Crippen molar-refractivity contribution in [1.29, 1.82) is 0 Å². The normalized spacial score (nSPS) is 29.8. The largest absolute Gasteiger partial charge is 0.324 e. The number of thioether (sulfide) groups is 1. The number of hydrogen-bond acceptors (Lipinski definition) is 3. The van der Waals surface area contributed by atoms with Gasteiger partial charge in [-0.3, -0.25) is 0 Å². The summed E-state index contributed by atoms with van der Waals surface area (Å²) in [6, 6.07) is 0. The van der Waals surface area contributed by atoms with Gasteiger partial charge in [0.1, 0.15) is 0 Å². The lowest BCUT2D eigenvalue weighted by Gasteiger charge is -2.22. The molecule has 0 bridgehead atoms. The second-order valence-electron chi connectivity index (χ2n) is 4.10. The van der Waals surface area contributed by atoms with Gasteiger partial charge in [-0.15, -0.1) is 0 Å². The van der Waals surface area contributed by atoms with Crippen molar-refractivity contribution in [2.75, 3.05) is 31.1 Å². The van der Waals surface area contributed by atoms with Crippen LogP contribution in [0, 0.1) is 0 Å². The third-order valence-electron chi connectivity index (χ3n) is 2.75.